The Balaban J connectivity index is 2.06. The summed E-state index contributed by atoms with van der Waals surface area (Å²) in [6.07, 6.45) is 1.33. The van der Waals surface area contributed by atoms with Crippen LogP contribution in [0.2, 0.25) is 0 Å². The van der Waals surface area contributed by atoms with Crippen molar-refractivity contribution in [3.05, 3.63) is 29.3 Å². The fourth-order valence-electron chi connectivity index (χ4n) is 2.87. The van der Waals surface area contributed by atoms with Crippen molar-refractivity contribution in [2.45, 2.75) is 46.3 Å². The molecule has 2 unspecified atom stereocenters. The van der Waals surface area contributed by atoms with Crippen LogP contribution in [-0.2, 0) is 9.47 Å². The van der Waals surface area contributed by atoms with Crippen molar-refractivity contribution in [2.75, 3.05) is 19.0 Å². The Labute approximate surface area is 126 Å². The van der Waals surface area contributed by atoms with Crippen molar-refractivity contribution in [2.24, 2.45) is 5.41 Å². The maximum absolute atomic E-state index is 11.5. The van der Waals surface area contributed by atoms with E-state index in [-0.39, 0.29) is 11.4 Å². The average molecular weight is 291 g/mol. The number of carbonyl (C=O) groups excluding carboxylic acids is 1. The molecule has 1 fully saturated rings. The monoisotopic (exact) mass is 291 g/mol. The van der Waals surface area contributed by atoms with E-state index in [1.54, 1.807) is 6.07 Å². The Kier molecular flexibility index (Phi) is 4.57. The summed E-state index contributed by atoms with van der Waals surface area (Å²) in [6.45, 7) is 9.25. The third kappa shape index (κ3) is 3.05. The number of anilines is 1. The molecule has 4 nitrogen and oxygen atoms in total. The van der Waals surface area contributed by atoms with Gasteiger partial charge in [-0.25, -0.2) is 4.79 Å². The molecular formula is C17H25NO3. The molecule has 0 heterocycles. The Morgan fingerprint density at radius 2 is 2.14 bits per heavy atom. The van der Waals surface area contributed by atoms with Gasteiger partial charge in [0.2, 0.25) is 0 Å². The number of hydrogen-bond acceptors (Lipinski definition) is 4. The zero-order valence-corrected chi connectivity index (χ0v) is 13.5. The molecule has 116 valence electrons. The Bertz CT molecular complexity index is 525. The lowest BCUT2D eigenvalue weighted by atomic mass is 9.64. The number of aryl methyl sites for hydroxylation is 1. The Morgan fingerprint density at radius 1 is 1.43 bits per heavy atom. The van der Waals surface area contributed by atoms with E-state index in [0.29, 0.717) is 17.7 Å². The fourth-order valence-corrected chi connectivity index (χ4v) is 2.87. The van der Waals surface area contributed by atoms with E-state index < -0.39 is 0 Å². The highest BCUT2D eigenvalue weighted by atomic mass is 16.5. The van der Waals surface area contributed by atoms with Crippen molar-refractivity contribution in [1.29, 1.82) is 0 Å². The topological polar surface area (TPSA) is 47.6 Å². The number of carbonyl (C=O) groups is 1. The lowest BCUT2D eigenvalue weighted by Gasteiger charge is -2.52. The van der Waals surface area contributed by atoms with Crippen LogP contribution in [0.25, 0.3) is 0 Å². The second-order valence-electron chi connectivity index (χ2n) is 6.22. The first-order valence-electron chi connectivity index (χ1n) is 7.47. The molecule has 0 aromatic heterocycles. The number of methoxy groups -OCH3 is 1. The van der Waals surface area contributed by atoms with Crippen LogP contribution in [0.4, 0.5) is 5.69 Å². The predicted molar refractivity (Wildman–Crippen MR) is 83.7 cm³/mol. The second kappa shape index (κ2) is 6.06. The lowest BCUT2D eigenvalue weighted by Crippen LogP contribution is -2.58. The molecule has 0 saturated heterocycles. The first-order chi connectivity index (χ1) is 9.90. The van der Waals surface area contributed by atoms with Crippen molar-refractivity contribution in [1.82, 2.24) is 0 Å². The van der Waals surface area contributed by atoms with E-state index in [2.05, 4.69) is 19.2 Å². The fraction of sp³-hybridized carbons (Fsp3) is 0.588. The molecule has 2 atom stereocenters. The van der Waals surface area contributed by atoms with E-state index >= 15 is 0 Å². The number of benzene rings is 1. The zero-order chi connectivity index (χ0) is 15.6. The molecule has 1 saturated carbocycles. The summed E-state index contributed by atoms with van der Waals surface area (Å²) < 4.78 is 10.5. The van der Waals surface area contributed by atoms with Gasteiger partial charge >= 0.3 is 5.97 Å². The molecule has 21 heavy (non-hydrogen) atoms. The van der Waals surface area contributed by atoms with Crippen LogP contribution >= 0.6 is 0 Å². The molecule has 1 aromatic rings. The third-order valence-corrected chi connectivity index (χ3v) is 4.52. The van der Waals surface area contributed by atoms with Gasteiger partial charge in [-0.3, -0.25) is 0 Å². The maximum atomic E-state index is 11.5. The molecule has 0 radical (unpaired) electrons. The van der Waals surface area contributed by atoms with E-state index in [4.69, 9.17) is 9.47 Å². The summed E-state index contributed by atoms with van der Waals surface area (Å²) in [5.74, 6) is -0.301. The van der Waals surface area contributed by atoms with E-state index in [9.17, 15) is 4.79 Å². The zero-order valence-electron chi connectivity index (χ0n) is 13.5. The summed E-state index contributed by atoms with van der Waals surface area (Å²) >= 11 is 0. The third-order valence-electron chi connectivity index (χ3n) is 4.52. The summed E-state index contributed by atoms with van der Waals surface area (Å²) in [5, 5.41) is 3.58. The molecule has 1 aliphatic rings. The number of esters is 1. The quantitative estimate of drug-likeness (QED) is 0.845. The maximum Gasteiger partial charge on any atom is 0.337 e. The van der Waals surface area contributed by atoms with Gasteiger partial charge in [0.1, 0.15) is 0 Å². The predicted octanol–water partition coefficient (Wildman–Crippen LogP) is 3.40. The van der Waals surface area contributed by atoms with Crippen LogP contribution in [0.5, 0.6) is 0 Å². The van der Waals surface area contributed by atoms with Crippen molar-refractivity contribution >= 4 is 11.7 Å². The first-order valence-corrected chi connectivity index (χ1v) is 7.47. The van der Waals surface area contributed by atoms with Gasteiger partial charge in [-0.15, -0.1) is 0 Å². The van der Waals surface area contributed by atoms with Gasteiger partial charge in [0.25, 0.3) is 0 Å². The van der Waals surface area contributed by atoms with Crippen LogP contribution in [0.1, 0.15) is 43.1 Å². The van der Waals surface area contributed by atoms with Crippen molar-refractivity contribution in [3.63, 3.8) is 0 Å². The van der Waals surface area contributed by atoms with Gasteiger partial charge in [0.15, 0.2) is 0 Å². The molecule has 1 aliphatic carbocycles. The summed E-state index contributed by atoms with van der Waals surface area (Å²) in [4.78, 5) is 11.5. The number of ether oxygens (including phenoxy) is 2. The normalized spacial score (nSPS) is 23.3. The highest BCUT2D eigenvalue weighted by molar-refractivity contribution is 5.90. The summed E-state index contributed by atoms with van der Waals surface area (Å²) in [5.41, 5.74) is 2.81. The smallest absolute Gasteiger partial charge is 0.337 e. The molecule has 0 aliphatic heterocycles. The number of hydrogen-bond donors (Lipinski definition) is 1. The minimum Gasteiger partial charge on any atom is -0.465 e. The van der Waals surface area contributed by atoms with Gasteiger partial charge in [0, 0.05) is 23.8 Å². The average Bonchev–Trinajstić information content (AvgIpc) is 2.46. The van der Waals surface area contributed by atoms with E-state index in [0.717, 1.165) is 24.3 Å². The molecule has 0 spiro atoms. The minimum atomic E-state index is -0.301. The van der Waals surface area contributed by atoms with Crippen LogP contribution in [0.3, 0.4) is 0 Å². The largest absolute Gasteiger partial charge is 0.465 e. The number of nitrogens with one attached hydrogen (secondary N) is 1. The molecule has 1 aromatic carbocycles. The molecule has 0 bridgehead atoms. The van der Waals surface area contributed by atoms with Crippen LogP contribution in [-0.4, -0.2) is 31.8 Å². The van der Waals surface area contributed by atoms with Gasteiger partial charge in [-0.05, 0) is 44.0 Å². The SMILES string of the molecule is CCOC1CC(Nc2ccc(C(=O)OC)cc2C)C1(C)C. The van der Waals surface area contributed by atoms with Crippen molar-refractivity contribution < 1.29 is 14.3 Å². The van der Waals surface area contributed by atoms with Gasteiger partial charge in [0.05, 0.1) is 18.8 Å². The highest BCUT2D eigenvalue weighted by Gasteiger charge is 2.48. The highest BCUT2D eigenvalue weighted by Crippen LogP contribution is 2.44. The molecule has 1 N–H and O–H groups in total. The van der Waals surface area contributed by atoms with E-state index in [1.807, 2.05) is 26.0 Å². The lowest BCUT2D eigenvalue weighted by molar-refractivity contribution is -0.0976. The Hall–Kier alpha value is -1.55. The molecule has 4 heteroatoms. The van der Waals surface area contributed by atoms with Crippen LogP contribution in [0, 0.1) is 12.3 Å². The number of rotatable bonds is 5. The molecular weight excluding hydrogens is 266 g/mol. The van der Waals surface area contributed by atoms with Crippen LogP contribution < -0.4 is 5.32 Å². The summed E-state index contributed by atoms with van der Waals surface area (Å²) in [6, 6.07) is 6.00. The van der Waals surface area contributed by atoms with Gasteiger partial charge in [-0.1, -0.05) is 13.8 Å². The van der Waals surface area contributed by atoms with E-state index in [1.165, 1.54) is 7.11 Å². The Morgan fingerprint density at radius 3 is 2.67 bits per heavy atom. The van der Waals surface area contributed by atoms with Crippen LogP contribution in [0.15, 0.2) is 18.2 Å². The van der Waals surface area contributed by atoms with Gasteiger partial charge < -0.3 is 14.8 Å². The second-order valence-corrected chi connectivity index (χ2v) is 6.22. The molecule has 2 rings (SSSR count). The standard InChI is InChI=1S/C17H25NO3/c1-6-21-15-10-14(17(15,3)4)18-13-8-7-12(9-11(13)2)16(19)20-5/h7-9,14-15,18H,6,10H2,1-5H3. The van der Waals surface area contributed by atoms with Crippen molar-refractivity contribution in [3.8, 4) is 0 Å². The van der Waals surface area contributed by atoms with Gasteiger partial charge in [-0.2, -0.15) is 0 Å². The minimum absolute atomic E-state index is 0.115. The first kappa shape index (κ1) is 15.8. The summed E-state index contributed by atoms with van der Waals surface area (Å²) in [7, 11) is 1.40. The molecule has 0 amide bonds.